The second-order valence-electron chi connectivity index (χ2n) is 5.03. The molecule has 0 aliphatic carbocycles. The Hall–Kier alpha value is -1.24. The molecular formula is C12H20N2O4S. The minimum Gasteiger partial charge on any atom is -0.480 e. The van der Waals surface area contributed by atoms with Crippen molar-refractivity contribution in [2.45, 2.75) is 39.3 Å². The van der Waals surface area contributed by atoms with Gasteiger partial charge in [0.05, 0.1) is 5.88 Å². The zero-order valence-corrected chi connectivity index (χ0v) is 12.2. The van der Waals surface area contributed by atoms with Gasteiger partial charge in [0.25, 0.3) is 0 Å². The summed E-state index contributed by atoms with van der Waals surface area (Å²) in [6.45, 7) is 5.21. The van der Waals surface area contributed by atoms with Gasteiger partial charge in [-0.05, 0) is 12.3 Å². The van der Waals surface area contributed by atoms with Crippen LogP contribution in [0.5, 0.6) is 0 Å². The normalized spacial score (nSPS) is 20.4. The van der Waals surface area contributed by atoms with Gasteiger partial charge in [-0.3, -0.25) is 9.59 Å². The molecule has 2 amide bonds. The van der Waals surface area contributed by atoms with Gasteiger partial charge < -0.3 is 15.3 Å². The summed E-state index contributed by atoms with van der Waals surface area (Å²) >= 11 is 1.49. The summed E-state index contributed by atoms with van der Waals surface area (Å²) in [5.74, 6) is -0.422. The second-order valence-corrected chi connectivity index (χ2v) is 6.03. The number of rotatable bonds is 5. The molecule has 0 aromatic heterocycles. The number of thioether (sulfide) groups is 1. The highest BCUT2D eigenvalue weighted by Crippen LogP contribution is 2.21. The first-order valence-corrected chi connectivity index (χ1v) is 7.36. The highest BCUT2D eigenvalue weighted by atomic mass is 32.2. The first-order valence-electron chi connectivity index (χ1n) is 6.21. The van der Waals surface area contributed by atoms with Crippen molar-refractivity contribution in [1.82, 2.24) is 10.2 Å². The van der Waals surface area contributed by atoms with Crippen molar-refractivity contribution in [3.8, 4) is 0 Å². The van der Waals surface area contributed by atoms with Crippen molar-refractivity contribution >= 4 is 29.5 Å². The molecule has 0 aromatic carbocycles. The minimum absolute atomic E-state index is 0.166. The van der Waals surface area contributed by atoms with E-state index in [-0.39, 0.29) is 17.7 Å². The summed E-state index contributed by atoms with van der Waals surface area (Å²) in [5, 5.41) is 11.6. The summed E-state index contributed by atoms with van der Waals surface area (Å²) in [5.41, 5.74) is 0. The Morgan fingerprint density at radius 1 is 1.42 bits per heavy atom. The molecule has 0 spiro atoms. The van der Waals surface area contributed by atoms with E-state index in [1.54, 1.807) is 0 Å². The van der Waals surface area contributed by atoms with Gasteiger partial charge in [0.2, 0.25) is 11.8 Å². The molecule has 0 radical (unpaired) electrons. The maximum Gasteiger partial charge on any atom is 0.326 e. The maximum absolute atomic E-state index is 12.1. The smallest absolute Gasteiger partial charge is 0.326 e. The van der Waals surface area contributed by atoms with Crippen LogP contribution in [0.1, 0.15) is 27.2 Å². The first kappa shape index (κ1) is 15.8. The third-order valence-electron chi connectivity index (χ3n) is 2.91. The van der Waals surface area contributed by atoms with Crippen molar-refractivity contribution in [3.05, 3.63) is 0 Å². The zero-order chi connectivity index (χ0) is 14.6. The van der Waals surface area contributed by atoms with E-state index in [2.05, 4.69) is 5.32 Å². The predicted octanol–water partition coefficient (Wildman–Crippen LogP) is 0.523. The van der Waals surface area contributed by atoms with Crippen molar-refractivity contribution in [2.75, 3.05) is 11.6 Å². The fraction of sp³-hybridized carbons (Fsp3) is 0.750. The number of nitrogens with one attached hydrogen (secondary N) is 1. The number of hydrogen-bond donors (Lipinski definition) is 2. The van der Waals surface area contributed by atoms with Crippen LogP contribution in [0.2, 0.25) is 0 Å². The lowest BCUT2D eigenvalue weighted by molar-refractivity contribution is -0.143. The number of carbonyl (C=O) groups is 3. The number of aliphatic carboxylic acids is 1. The van der Waals surface area contributed by atoms with Crippen LogP contribution in [0.3, 0.4) is 0 Å². The molecule has 7 heteroatoms. The molecule has 1 saturated heterocycles. The third-order valence-corrected chi connectivity index (χ3v) is 3.92. The standard InChI is InChI=1S/C12H20N2O4S/c1-7(2)4-9(12(17)18)13-11(16)10-5-19-6-14(10)8(3)15/h7,9-10H,4-6H2,1-3H3,(H,13,16)(H,17,18)/t9-,10+/m1/s1. The summed E-state index contributed by atoms with van der Waals surface area (Å²) in [4.78, 5) is 36.0. The Balaban J connectivity index is 2.66. The molecule has 0 saturated carbocycles. The molecule has 108 valence electrons. The van der Waals surface area contributed by atoms with E-state index in [0.29, 0.717) is 18.1 Å². The van der Waals surface area contributed by atoms with E-state index in [1.807, 2.05) is 13.8 Å². The van der Waals surface area contributed by atoms with Crippen molar-refractivity contribution < 1.29 is 19.5 Å². The monoisotopic (exact) mass is 288 g/mol. The van der Waals surface area contributed by atoms with Crippen molar-refractivity contribution in [2.24, 2.45) is 5.92 Å². The number of hydrogen-bond acceptors (Lipinski definition) is 4. The molecule has 6 nitrogen and oxygen atoms in total. The van der Waals surface area contributed by atoms with Gasteiger partial charge in [0.1, 0.15) is 12.1 Å². The van der Waals surface area contributed by atoms with Gasteiger partial charge in [0, 0.05) is 12.7 Å². The Morgan fingerprint density at radius 3 is 2.53 bits per heavy atom. The molecule has 1 aliphatic rings. The van der Waals surface area contributed by atoms with Crippen LogP contribution >= 0.6 is 11.8 Å². The average Bonchev–Trinajstić information content (AvgIpc) is 2.76. The van der Waals surface area contributed by atoms with Gasteiger partial charge in [-0.25, -0.2) is 4.79 Å². The average molecular weight is 288 g/mol. The summed E-state index contributed by atoms with van der Waals surface area (Å²) < 4.78 is 0. The molecule has 0 bridgehead atoms. The molecule has 0 unspecified atom stereocenters. The van der Waals surface area contributed by atoms with Gasteiger partial charge >= 0.3 is 5.97 Å². The van der Waals surface area contributed by atoms with E-state index in [0.717, 1.165) is 0 Å². The molecule has 1 rings (SSSR count). The van der Waals surface area contributed by atoms with Crippen LogP contribution in [0.4, 0.5) is 0 Å². The Bertz CT molecular complexity index is 373. The van der Waals surface area contributed by atoms with E-state index in [1.165, 1.54) is 23.6 Å². The lowest BCUT2D eigenvalue weighted by Crippen LogP contribution is -2.51. The first-order chi connectivity index (χ1) is 8.82. The fourth-order valence-electron chi connectivity index (χ4n) is 1.93. The highest BCUT2D eigenvalue weighted by molar-refractivity contribution is 7.99. The molecule has 1 aliphatic heterocycles. The SMILES string of the molecule is CC(=O)N1CSC[C@H]1C(=O)N[C@H](CC(C)C)C(=O)O. The van der Waals surface area contributed by atoms with Gasteiger partial charge in [-0.15, -0.1) is 11.8 Å². The quantitative estimate of drug-likeness (QED) is 0.770. The van der Waals surface area contributed by atoms with Crippen LogP contribution in [0, 0.1) is 5.92 Å². The van der Waals surface area contributed by atoms with E-state index in [9.17, 15) is 14.4 Å². The van der Waals surface area contributed by atoms with Gasteiger partial charge in [0.15, 0.2) is 0 Å². The molecule has 2 N–H and O–H groups in total. The number of nitrogens with zero attached hydrogens (tertiary/aromatic N) is 1. The van der Waals surface area contributed by atoms with Crippen LogP contribution in [0.15, 0.2) is 0 Å². The Morgan fingerprint density at radius 2 is 2.05 bits per heavy atom. The number of carbonyl (C=O) groups excluding carboxylic acids is 2. The predicted molar refractivity (Wildman–Crippen MR) is 72.7 cm³/mol. The zero-order valence-electron chi connectivity index (χ0n) is 11.4. The second kappa shape index (κ2) is 6.79. The number of carboxylic acids is 1. The lowest BCUT2D eigenvalue weighted by Gasteiger charge is -2.24. The van der Waals surface area contributed by atoms with Crippen LogP contribution in [-0.4, -0.2) is 51.5 Å². The van der Waals surface area contributed by atoms with E-state index < -0.39 is 18.1 Å². The number of amides is 2. The fourth-order valence-corrected chi connectivity index (χ4v) is 3.15. The van der Waals surface area contributed by atoms with Gasteiger partial charge in [-0.2, -0.15) is 0 Å². The summed E-state index contributed by atoms with van der Waals surface area (Å²) in [6.07, 6.45) is 0.376. The van der Waals surface area contributed by atoms with Crippen LogP contribution in [-0.2, 0) is 14.4 Å². The molecule has 0 aromatic rings. The Labute approximate surface area is 116 Å². The third kappa shape index (κ3) is 4.41. The van der Waals surface area contributed by atoms with Gasteiger partial charge in [-0.1, -0.05) is 13.8 Å². The molecule has 1 heterocycles. The van der Waals surface area contributed by atoms with Crippen molar-refractivity contribution in [3.63, 3.8) is 0 Å². The Kier molecular flexibility index (Phi) is 5.65. The topological polar surface area (TPSA) is 86.7 Å². The minimum atomic E-state index is -1.04. The van der Waals surface area contributed by atoms with Crippen LogP contribution < -0.4 is 5.32 Å². The molecule has 2 atom stereocenters. The molecular weight excluding hydrogens is 268 g/mol. The maximum atomic E-state index is 12.1. The molecule has 19 heavy (non-hydrogen) atoms. The lowest BCUT2D eigenvalue weighted by atomic mass is 10.0. The van der Waals surface area contributed by atoms with Crippen molar-refractivity contribution in [1.29, 1.82) is 0 Å². The summed E-state index contributed by atoms with van der Waals surface area (Å²) in [6, 6.07) is -1.46. The molecule has 1 fully saturated rings. The van der Waals surface area contributed by atoms with E-state index in [4.69, 9.17) is 5.11 Å². The largest absolute Gasteiger partial charge is 0.480 e. The number of carboxylic acid groups (broad SMARTS) is 1. The summed E-state index contributed by atoms with van der Waals surface area (Å²) in [7, 11) is 0. The highest BCUT2D eigenvalue weighted by Gasteiger charge is 2.34. The van der Waals surface area contributed by atoms with Crippen LogP contribution in [0.25, 0.3) is 0 Å². The van der Waals surface area contributed by atoms with E-state index >= 15 is 0 Å².